The molecule has 0 radical (unpaired) electrons. The zero-order chi connectivity index (χ0) is 15.4. The Kier molecular flexibility index (Phi) is 4.80. The smallest absolute Gasteiger partial charge is 0.287 e. The second-order valence-corrected chi connectivity index (χ2v) is 6.09. The molecule has 1 aliphatic heterocycles. The van der Waals surface area contributed by atoms with Gasteiger partial charge in [-0.1, -0.05) is 15.9 Å². The Balaban J connectivity index is 1.54. The van der Waals surface area contributed by atoms with Gasteiger partial charge in [-0.3, -0.25) is 4.79 Å². The van der Waals surface area contributed by atoms with Gasteiger partial charge in [0.1, 0.15) is 18.1 Å². The molecule has 0 aliphatic carbocycles. The maximum Gasteiger partial charge on any atom is 0.287 e. The van der Waals surface area contributed by atoms with Crippen molar-refractivity contribution in [2.24, 2.45) is 0 Å². The van der Waals surface area contributed by atoms with Gasteiger partial charge in [-0.15, -0.1) is 0 Å². The number of ether oxygens (including phenoxy) is 1. The fraction of sp³-hybridized carbons (Fsp3) is 0.312. The first-order chi connectivity index (χ1) is 10.7. The topological polar surface area (TPSA) is 63.5 Å². The molecule has 116 valence electrons. The fourth-order valence-corrected chi connectivity index (χ4v) is 2.56. The third-order valence-electron chi connectivity index (χ3n) is 3.48. The average molecular weight is 365 g/mol. The van der Waals surface area contributed by atoms with Gasteiger partial charge in [-0.25, -0.2) is 0 Å². The number of hydrogen-bond donors (Lipinski definition) is 2. The Morgan fingerprint density at radius 1 is 1.32 bits per heavy atom. The van der Waals surface area contributed by atoms with E-state index in [1.807, 2.05) is 24.3 Å². The molecule has 1 aromatic carbocycles. The summed E-state index contributed by atoms with van der Waals surface area (Å²) in [7, 11) is 0. The minimum absolute atomic E-state index is 0.177. The molecule has 6 heteroatoms. The van der Waals surface area contributed by atoms with E-state index in [9.17, 15) is 4.79 Å². The van der Waals surface area contributed by atoms with Gasteiger partial charge in [0.05, 0.1) is 0 Å². The van der Waals surface area contributed by atoms with E-state index in [0.29, 0.717) is 18.1 Å². The van der Waals surface area contributed by atoms with Crippen molar-refractivity contribution in [1.29, 1.82) is 0 Å². The molecule has 1 saturated heterocycles. The summed E-state index contributed by atoms with van der Waals surface area (Å²) in [5.74, 6) is 1.52. The summed E-state index contributed by atoms with van der Waals surface area (Å²) in [5, 5.41) is 6.16. The van der Waals surface area contributed by atoms with Gasteiger partial charge in [-0.05, 0) is 49.4 Å². The lowest BCUT2D eigenvalue weighted by molar-refractivity contribution is 0.0908. The van der Waals surface area contributed by atoms with Gasteiger partial charge >= 0.3 is 0 Å². The highest BCUT2D eigenvalue weighted by Gasteiger charge is 2.19. The summed E-state index contributed by atoms with van der Waals surface area (Å²) in [6.07, 6.45) is 0.950. The van der Waals surface area contributed by atoms with Crippen LogP contribution < -0.4 is 15.4 Å². The largest absolute Gasteiger partial charge is 0.486 e. The number of amides is 1. The molecule has 1 amide bonds. The molecule has 0 spiro atoms. The Morgan fingerprint density at radius 2 is 2.14 bits per heavy atom. The molecular weight excluding hydrogens is 348 g/mol. The summed E-state index contributed by atoms with van der Waals surface area (Å²) in [5.41, 5.74) is 0. The zero-order valence-electron chi connectivity index (χ0n) is 12.0. The van der Waals surface area contributed by atoms with E-state index in [0.717, 1.165) is 29.7 Å². The highest BCUT2D eigenvalue weighted by Crippen LogP contribution is 2.18. The highest BCUT2D eigenvalue weighted by molar-refractivity contribution is 9.10. The van der Waals surface area contributed by atoms with Gasteiger partial charge < -0.3 is 19.8 Å². The average Bonchev–Trinajstić information content (AvgIpc) is 3.18. The molecule has 2 aromatic rings. The van der Waals surface area contributed by atoms with Crippen LogP contribution in [0.2, 0.25) is 0 Å². The number of rotatable bonds is 5. The second kappa shape index (κ2) is 6.98. The Labute approximate surface area is 137 Å². The van der Waals surface area contributed by atoms with Gasteiger partial charge in [0, 0.05) is 17.1 Å². The zero-order valence-corrected chi connectivity index (χ0v) is 13.6. The van der Waals surface area contributed by atoms with Crippen LogP contribution in [0.25, 0.3) is 0 Å². The summed E-state index contributed by atoms with van der Waals surface area (Å²) in [4.78, 5) is 12.0. The van der Waals surface area contributed by atoms with E-state index in [2.05, 4.69) is 26.6 Å². The molecule has 0 bridgehead atoms. The van der Waals surface area contributed by atoms with E-state index in [4.69, 9.17) is 9.15 Å². The van der Waals surface area contributed by atoms with Crippen molar-refractivity contribution in [1.82, 2.24) is 10.6 Å². The van der Waals surface area contributed by atoms with E-state index < -0.39 is 0 Å². The van der Waals surface area contributed by atoms with Crippen LogP contribution in [0, 0.1) is 0 Å². The third kappa shape index (κ3) is 3.90. The molecule has 1 aromatic heterocycles. The van der Waals surface area contributed by atoms with Crippen molar-refractivity contribution >= 4 is 21.8 Å². The number of carbonyl (C=O) groups excluding carboxylic acids is 1. The van der Waals surface area contributed by atoms with Crippen molar-refractivity contribution in [3.63, 3.8) is 0 Å². The quantitative estimate of drug-likeness (QED) is 0.855. The first kappa shape index (κ1) is 15.1. The van der Waals surface area contributed by atoms with Crippen LogP contribution >= 0.6 is 15.9 Å². The summed E-state index contributed by atoms with van der Waals surface area (Å²) in [6, 6.07) is 11.2. The fourth-order valence-electron chi connectivity index (χ4n) is 2.30. The Bertz CT molecular complexity index is 633. The second-order valence-electron chi connectivity index (χ2n) is 5.17. The molecule has 2 heterocycles. The minimum atomic E-state index is -0.177. The van der Waals surface area contributed by atoms with Crippen molar-refractivity contribution in [3.05, 3.63) is 52.4 Å². The van der Waals surface area contributed by atoms with E-state index in [1.165, 1.54) is 0 Å². The number of hydrogen-bond acceptors (Lipinski definition) is 4. The summed E-state index contributed by atoms with van der Waals surface area (Å²) in [6.45, 7) is 2.04. The van der Waals surface area contributed by atoms with Crippen molar-refractivity contribution in [3.8, 4) is 5.75 Å². The van der Waals surface area contributed by atoms with Crippen molar-refractivity contribution in [2.45, 2.75) is 19.1 Å². The molecule has 0 saturated carbocycles. The van der Waals surface area contributed by atoms with E-state index >= 15 is 0 Å². The van der Waals surface area contributed by atoms with Crippen molar-refractivity contribution < 1.29 is 13.9 Å². The highest BCUT2D eigenvalue weighted by atomic mass is 79.9. The van der Waals surface area contributed by atoms with Crippen LogP contribution in [-0.4, -0.2) is 25.0 Å². The first-order valence-electron chi connectivity index (χ1n) is 7.19. The molecule has 3 rings (SSSR count). The van der Waals surface area contributed by atoms with Crippen LogP contribution in [0.3, 0.4) is 0 Å². The van der Waals surface area contributed by atoms with Crippen LogP contribution in [0.15, 0.2) is 45.3 Å². The number of benzene rings is 1. The maximum absolute atomic E-state index is 12.0. The van der Waals surface area contributed by atoms with Crippen LogP contribution in [0.4, 0.5) is 0 Å². The first-order valence-corrected chi connectivity index (χ1v) is 7.99. The molecule has 1 atom stereocenters. The van der Waals surface area contributed by atoms with Gasteiger partial charge in [-0.2, -0.15) is 0 Å². The minimum Gasteiger partial charge on any atom is -0.486 e. The van der Waals surface area contributed by atoms with Crippen LogP contribution in [0.1, 0.15) is 22.7 Å². The lowest BCUT2D eigenvalue weighted by atomic mass is 10.2. The molecule has 1 unspecified atom stereocenters. The molecule has 1 fully saturated rings. The van der Waals surface area contributed by atoms with Crippen molar-refractivity contribution in [2.75, 3.05) is 13.1 Å². The van der Waals surface area contributed by atoms with Crippen LogP contribution in [-0.2, 0) is 6.61 Å². The lowest BCUT2D eigenvalue weighted by Crippen LogP contribution is -2.35. The number of nitrogens with one attached hydrogen (secondary N) is 2. The van der Waals surface area contributed by atoms with Gasteiger partial charge in [0.25, 0.3) is 5.91 Å². The van der Waals surface area contributed by atoms with E-state index in [-0.39, 0.29) is 11.9 Å². The summed E-state index contributed by atoms with van der Waals surface area (Å²) >= 11 is 3.37. The molecule has 1 aliphatic rings. The molecular formula is C16H17BrN2O3. The number of carbonyl (C=O) groups is 1. The number of halogens is 1. The Hall–Kier alpha value is -1.79. The molecule has 5 nitrogen and oxygen atoms in total. The monoisotopic (exact) mass is 364 g/mol. The SMILES string of the molecule is O=C(NC1CCNC1)c1ccc(COc2ccc(Br)cc2)o1. The summed E-state index contributed by atoms with van der Waals surface area (Å²) < 4.78 is 12.2. The van der Waals surface area contributed by atoms with E-state index in [1.54, 1.807) is 12.1 Å². The lowest BCUT2D eigenvalue weighted by Gasteiger charge is -2.09. The standard InChI is InChI=1S/C16H17BrN2O3/c17-11-1-3-13(4-2-11)21-10-14-5-6-15(22-14)16(20)19-12-7-8-18-9-12/h1-6,12,18H,7-10H2,(H,19,20). The predicted octanol–water partition coefficient (Wildman–Crippen LogP) is 2.71. The van der Waals surface area contributed by atoms with Gasteiger partial charge in [0.2, 0.25) is 0 Å². The predicted molar refractivity (Wildman–Crippen MR) is 85.9 cm³/mol. The molecule has 22 heavy (non-hydrogen) atoms. The molecule has 2 N–H and O–H groups in total. The Morgan fingerprint density at radius 3 is 2.86 bits per heavy atom. The number of furan rings is 1. The van der Waals surface area contributed by atoms with Gasteiger partial charge in [0.15, 0.2) is 5.76 Å². The normalized spacial score (nSPS) is 17.4. The maximum atomic E-state index is 12.0. The third-order valence-corrected chi connectivity index (χ3v) is 4.00. The van der Waals surface area contributed by atoms with Crippen LogP contribution in [0.5, 0.6) is 5.75 Å².